The number of hydrogen-bond donors (Lipinski definition) is 2. The lowest BCUT2D eigenvalue weighted by atomic mass is 9.99. The van der Waals surface area contributed by atoms with Crippen molar-refractivity contribution >= 4 is 38.3 Å². The van der Waals surface area contributed by atoms with E-state index in [0.717, 1.165) is 22.0 Å². The van der Waals surface area contributed by atoms with Crippen LogP contribution in [0.25, 0.3) is 16.5 Å². The zero-order valence-corrected chi connectivity index (χ0v) is 19.6. The van der Waals surface area contributed by atoms with Gasteiger partial charge in [-0.2, -0.15) is 0 Å². The van der Waals surface area contributed by atoms with Gasteiger partial charge in [0.2, 0.25) is 10.0 Å². The van der Waals surface area contributed by atoms with Crippen LogP contribution in [0.3, 0.4) is 0 Å². The number of rotatable bonds is 5. The SMILES string of the molecule is CNS(=O)(=O)c1cccc(C(=O)N2CCC=C(c3ccc4cc(C(=O)N(C)C)[nH]c4c3)C2)c1. The molecule has 0 saturated heterocycles. The van der Waals surface area contributed by atoms with Crippen molar-refractivity contribution in [2.45, 2.75) is 11.3 Å². The summed E-state index contributed by atoms with van der Waals surface area (Å²) in [7, 11) is 1.13. The number of carbonyl (C=O) groups is 2. The minimum atomic E-state index is -3.63. The van der Waals surface area contributed by atoms with Gasteiger partial charge in [0.1, 0.15) is 5.69 Å². The third kappa shape index (κ3) is 4.55. The topological polar surface area (TPSA) is 103 Å². The number of amides is 2. The minimum absolute atomic E-state index is 0.0592. The van der Waals surface area contributed by atoms with Gasteiger partial charge in [0.05, 0.1) is 4.90 Å². The molecule has 9 heteroatoms. The predicted octanol–water partition coefficient (Wildman–Crippen LogP) is 2.71. The highest BCUT2D eigenvalue weighted by atomic mass is 32.2. The van der Waals surface area contributed by atoms with Crippen LogP contribution in [0, 0.1) is 0 Å². The number of sulfonamides is 1. The van der Waals surface area contributed by atoms with Crippen LogP contribution in [-0.2, 0) is 10.0 Å². The normalized spacial score (nSPS) is 14.3. The van der Waals surface area contributed by atoms with E-state index in [1.807, 2.05) is 24.3 Å². The molecule has 0 spiro atoms. The zero-order valence-electron chi connectivity index (χ0n) is 18.8. The number of carbonyl (C=O) groups excluding carboxylic acids is 2. The molecule has 2 heterocycles. The van der Waals surface area contributed by atoms with Crippen molar-refractivity contribution in [3.05, 3.63) is 71.4 Å². The number of benzene rings is 2. The van der Waals surface area contributed by atoms with Gasteiger partial charge in [0.15, 0.2) is 0 Å². The van der Waals surface area contributed by atoms with Crippen molar-refractivity contribution in [3.8, 4) is 0 Å². The average molecular weight is 467 g/mol. The Kier molecular flexibility index (Phi) is 6.09. The first-order chi connectivity index (χ1) is 15.7. The van der Waals surface area contributed by atoms with Crippen LogP contribution in [0.1, 0.15) is 32.8 Å². The molecule has 0 fully saturated rings. The lowest BCUT2D eigenvalue weighted by molar-refractivity contribution is 0.0773. The van der Waals surface area contributed by atoms with Crippen molar-refractivity contribution in [1.82, 2.24) is 19.5 Å². The van der Waals surface area contributed by atoms with Gasteiger partial charge in [-0.3, -0.25) is 9.59 Å². The second-order valence-corrected chi connectivity index (χ2v) is 10.1. The van der Waals surface area contributed by atoms with Crippen LogP contribution in [0.5, 0.6) is 0 Å². The molecule has 3 aromatic rings. The van der Waals surface area contributed by atoms with E-state index in [4.69, 9.17) is 0 Å². The molecule has 0 aliphatic carbocycles. The third-order valence-corrected chi connectivity index (χ3v) is 7.14. The molecule has 1 aliphatic heterocycles. The maximum Gasteiger partial charge on any atom is 0.269 e. The quantitative estimate of drug-likeness (QED) is 0.604. The summed E-state index contributed by atoms with van der Waals surface area (Å²) in [5.41, 5.74) is 3.69. The Bertz CT molecular complexity index is 1370. The Labute approximate surface area is 192 Å². The van der Waals surface area contributed by atoms with Crippen LogP contribution in [0.4, 0.5) is 0 Å². The second-order valence-electron chi connectivity index (χ2n) is 8.16. The van der Waals surface area contributed by atoms with Gasteiger partial charge in [-0.05, 0) is 54.9 Å². The van der Waals surface area contributed by atoms with Gasteiger partial charge in [-0.1, -0.05) is 24.3 Å². The number of nitrogens with one attached hydrogen (secondary N) is 2. The Morgan fingerprint density at radius 1 is 1.09 bits per heavy atom. The van der Waals surface area contributed by atoms with E-state index in [1.54, 1.807) is 31.1 Å². The van der Waals surface area contributed by atoms with E-state index in [9.17, 15) is 18.0 Å². The fraction of sp³-hybridized carbons (Fsp3) is 0.250. The molecule has 0 unspecified atom stereocenters. The lowest BCUT2D eigenvalue weighted by Crippen LogP contribution is -2.35. The highest BCUT2D eigenvalue weighted by Gasteiger charge is 2.22. The summed E-state index contributed by atoms with van der Waals surface area (Å²) >= 11 is 0. The first kappa shape index (κ1) is 22.8. The summed E-state index contributed by atoms with van der Waals surface area (Å²) in [4.78, 5) is 31.9. The van der Waals surface area contributed by atoms with Gasteiger partial charge in [0.25, 0.3) is 11.8 Å². The molecule has 1 aliphatic rings. The second kappa shape index (κ2) is 8.84. The Morgan fingerprint density at radius 3 is 2.61 bits per heavy atom. The zero-order chi connectivity index (χ0) is 23.8. The van der Waals surface area contributed by atoms with Crippen LogP contribution < -0.4 is 4.72 Å². The van der Waals surface area contributed by atoms with E-state index >= 15 is 0 Å². The average Bonchev–Trinajstić information content (AvgIpc) is 3.26. The molecule has 1 aromatic heterocycles. The maximum atomic E-state index is 13.1. The molecule has 33 heavy (non-hydrogen) atoms. The predicted molar refractivity (Wildman–Crippen MR) is 128 cm³/mol. The lowest BCUT2D eigenvalue weighted by Gasteiger charge is -2.28. The monoisotopic (exact) mass is 466 g/mol. The summed E-state index contributed by atoms with van der Waals surface area (Å²) in [5, 5.41) is 0.941. The molecular formula is C24H26N4O4S. The van der Waals surface area contributed by atoms with E-state index in [-0.39, 0.29) is 16.7 Å². The van der Waals surface area contributed by atoms with Crippen molar-refractivity contribution < 1.29 is 18.0 Å². The molecule has 8 nitrogen and oxygen atoms in total. The molecule has 2 N–H and O–H groups in total. The largest absolute Gasteiger partial charge is 0.351 e. The summed E-state index contributed by atoms with van der Waals surface area (Å²) in [6.07, 6.45) is 2.81. The number of nitrogens with zero attached hydrogens (tertiary/aromatic N) is 2. The highest BCUT2D eigenvalue weighted by molar-refractivity contribution is 7.89. The van der Waals surface area contributed by atoms with Crippen LogP contribution in [-0.4, -0.2) is 69.2 Å². The first-order valence-corrected chi connectivity index (χ1v) is 12.0. The highest BCUT2D eigenvalue weighted by Crippen LogP contribution is 2.26. The molecule has 0 bridgehead atoms. The first-order valence-electron chi connectivity index (χ1n) is 10.6. The van der Waals surface area contributed by atoms with Crippen LogP contribution >= 0.6 is 0 Å². The Balaban J connectivity index is 1.57. The summed E-state index contributed by atoms with van der Waals surface area (Å²) in [6, 6.07) is 13.8. The van der Waals surface area contributed by atoms with Crippen molar-refractivity contribution in [2.75, 3.05) is 34.2 Å². The number of hydrogen-bond acceptors (Lipinski definition) is 4. The van der Waals surface area contributed by atoms with Gasteiger partial charge in [0, 0.05) is 43.7 Å². The Morgan fingerprint density at radius 2 is 1.88 bits per heavy atom. The smallest absolute Gasteiger partial charge is 0.269 e. The molecule has 4 rings (SSSR count). The van der Waals surface area contributed by atoms with Crippen LogP contribution in [0.2, 0.25) is 0 Å². The van der Waals surface area contributed by atoms with Crippen molar-refractivity contribution in [2.24, 2.45) is 0 Å². The molecule has 2 aromatic carbocycles. The molecule has 0 radical (unpaired) electrons. The summed E-state index contributed by atoms with van der Waals surface area (Å²) in [6.45, 7) is 0.967. The Hall–Kier alpha value is -3.43. The van der Waals surface area contributed by atoms with E-state index in [1.165, 1.54) is 24.1 Å². The number of aromatic nitrogens is 1. The van der Waals surface area contributed by atoms with Gasteiger partial charge in [-0.15, -0.1) is 0 Å². The molecule has 0 saturated carbocycles. The van der Waals surface area contributed by atoms with Gasteiger partial charge in [-0.25, -0.2) is 13.1 Å². The van der Waals surface area contributed by atoms with Gasteiger partial charge < -0.3 is 14.8 Å². The summed E-state index contributed by atoms with van der Waals surface area (Å²) in [5.74, 6) is -0.308. The molecule has 0 atom stereocenters. The fourth-order valence-electron chi connectivity index (χ4n) is 3.91. The van der Waals surface area contributed by atoms with Gasteiger partial charge >= 0.3 is 0 Å². The third-order valence-electron chi connectivity index (χ3n) is 5.73. The fourth-order valence-corrected chi connectivity index (χ4v) is 4.68. The van der Waals surface area contributed by atoms with Crippen molar-refractivity contribution in [3.63, 3.8) is 0 Å². The molecule has 172 valence electrons. The van der Waals surface area contributed by atoms with E-state index in [2.05, 4.69) is 15.8 Å². The molecule has 2 amide bonds. The van der Waals surface area contributed by atoms with E-state index < -0.39 is 10.0 Å². The number of aromatic amines is 1. The van der Waals surface area contributed by atoms with Crippen molar-refractivity contribution in [1.29, 1.82) is 0 Å². The van der Waals surface area contributed by atoms with Crippen LogP contribution in [0.15, 0.2) is 59.5 Å². The summed E-state index contributed by atoms with van der Waals surface area (Å²) < 4.78 is 26.5. The maximum absolute atomic E-state index is 13.1. The number of fused-ring (bicyclic) bond motifs is 1. The molecular weight excluding hydrogens is 440 g/mol. The minimum Gasteiger partial charge on any atom is -0.351 e. The number of H-pyrrole nitrogens is 1. The standard InChI is InChI=1S/C24H26N4O4S/c1-25-33(31,32)20-8-4-6-18(12-20)23(29)28-11-5-7-19(15-28)16-9-10-17-14-22(24(30)27(2)3)26-21(17)13-16/h4,6-10,12-14,25-26H,5,11,15H2,1-3H3. The van der Waals surface area contributed by atoms with E-state index in [0.29, 0.717) is 30.8 Å².